The van der Waals surface area contributed by atoms with Crippen LogP contribution in [-0.4, -0.2) is 22.2 Å². The summed E-state index contributed by atoms with van der Waals surface area (Å²) >= 11 is 0. The summed E-state index contributed by atoms with van der Waals surface area (Å²) in [6, 6.07) is 7.62. The van der Waals surface area contributed by atoms with Gasteiger partial charge in [0.25, 0.3) is 0 Å². The molecule has 1 N–H and O–H groups in total. The van der Waals surface area contributed by atoms with Gasteiger partial charge in [-0.1, -0.05) is 18.2 Å². The summed E-state index contributed by atoms with van der Waals surface area (Å²) in [4.78, 5) is 8.26. The lowest BCUT2D eigenvalue weighted by molar-refractivity contribution is 0.167. The van der Waals surface area contributed by atoms with Gasteiger partial charge in [-0.15, -0.1) is 0 Å². The number of para-hydroxylation sites is 1. The van der Waals surface area contributed by atoms with Crippen molar-refractivity contribution in [1.82, 2.24) is 9.97 Å². The second-order valence-electron chi connectivity index (χ2n) is 4.15. The Kier molecular flexibility index (Phi) is 3.89. The fraction of sp³-hybridized carbons (Fsp3) is 0.286. The van der Waals surface area contributed by atoms with Gasteiger partial charge < -0.3 is 9.84 Å². The van der Waals surface area contributed by atoms with Crippen LogP contribution in [0.1, 0.15) is 23.1 Å². The molecule has 1 atom stereocenters. The van der Waals surface area contributed by atoms with Crippen LogP contribution in [0.25, 0.3) is 0 Å². The van der Waals surface area contributed by atoms with Gasteiger partial charge in [0, 0.05) is 18.8 Å². The summed E-state index contributed by atoms with van der Waals surface area (Å²) in [7, 11) is 1.62. The summed E-state index contributed by atoms with van der Waals surface area (Å²) < 4.78 is 5.25. The Labute approximate surface area is 106 Å². The van der Waals surface area contributed by atoms with E-state index in [0.29, 0.717) is 12.2 Å². The Morgan fingerprint density at radius 3 is 2.56 bits per heavy atom. The van der Waals surface area contributed by atoms with Gasteiger partial charge in [-0.3, -0.25) is 0 Å². The molecule has 0 radical (unpaired) electrons. The van der Waals surface area contributed by atoms with Crippen LogP contribution in [0.5, 0.6) is 5.75 Å². The first-order valence-electron chi connectivity index (χ1n) is 5.79. The first kappa shape index (κ1) is 12.5. The molecular weight excluding hydrogens is 228 g/mol. The number of nitrogens with zero attached hydrogens (tertiary/aromatic N) is 2. The van der Waals surface area contributed by atoms with E-state index in [0.717, 1.165) is 16.9 Å². The largest absolute Gasteiger partial charge is 0.496 e. The smallest absolute Gasteiger partial charge is 0.157 e. The number of aliphatic hydroxyl groups excluding tert-OH is 1. The number of aliphatic hydroxyl groups is 1. The quantitative estimate of drug-likeness (QED) is 0.894. The molecule has 18 heavy (non-hydrogen) atoms. The molecule has 1 aromatic heterocycles. The Balaban J connectivity index is 2.15. The van der Waals surface area contributed by atoms with Gasteiger partial charge >= 0.3 is 0 Å². The van der Waals surface area contributed by atoms with Gasteiger partial charge in [-0.05, 0) is 24.1 Å². The normalized spacial score (nSPS) is 12.2. The van der Waals surface area contributed by atoms with Crippen LogP contribution >= 0.6 is 0 Å². The van der Waals surface area contributed by atoms with Crippen LogP contribution in [0.2, 0.25) is 0 Å². The number of benzene rings is 1. The van der Waals surface area contributed by atoms with Crippen LogP contribution in [0.3, 0.4) is 0 Å². The Hall–Kier alpha value is -1.94. The molecule has 1 aromatic carbocycles. The van der Waals surface area contributed by atoms with E-state index in [4.69, 9.17) is 4.74 Å². The lowest BCUT2D eigenvalue weighted by atomic mass is 10.1. The highest BCUT2D eigenvalue weighted by atomic mass is 16.5. The van der Waals surface area contributed by atoms with E-state index in [1.165, 1.54) is 0 Å². The van der Waals surface area contributed by atoms with Crippen molar-refractivity contribution in [2.24, 2.45) is 0 Å². The topological polar surface area (TPSA) is 55.2 Å². The molecule has 0 aliphatic carbocycles. The highest BCUT2D eigenvalue weighted by molar-refractivity contribution is 5.34. The third kappa shape index (κ3) is 2.84. The van der Waals surface area contributed by atoms with Crippen molar-refractivity contribution in [2.45, 2.75) is 19.4 Å². The molecule has 0 amide bonds. The molecule has 0 saturated heterocycles. The van der Waals surface area contributed by atoms with Crippen molar-refractivity contribution in [2.75, 3.05) is 7.11 Å². The minimum atomic E-state index is -0.720. The van der Waals surface area contributed by atoms with Crippen molar-refractivity contribution >= 4 is 0 Å². The van der Waals surface area contributed by atoms with E-state index in [9.17, 15) is 5.11 Å². The Morgan fingerprint density at radius 1 is 1.22 bits per heavy atom. The third-order valence-corrected chi connectivity index (χ3v) is 2.70. The van der Waals surface area contributed by atoms with Crippen molar-refractivity contribution in [3.05, 3.63) is 53.6 Å². The van der Waals surface area contributed by atoms with E-state index in [2.05, 4.69) is 9.97 Å². The molecule has 94 valence electrons. The van der Waals surface area contributed by atoms with Crippen molar-refractivity contribution in [3.63, 3.8) is 0 Å². The van der Waals surface area contributed by atoms with Crippen molar-refractivity contribution in [3.8, 4) is 5.75 Å². The van der Waals surface area contributed by atoms with E-state index in [-0.39, 0.29) is 0 Å². The number of aryl methyl sites for hydroxylation is 1. The third-order valence-electron chi connectivity index (χ3n) is 2.70. The number of rotatable bonds is 4. The maximum atomic E-state index is 10.1. The molecule has 2 aromatic rings. The summed E-state index contributed by atoms with van der Waals surface area (Å²) in [6.45, 7) is 1.91. The van der Waals surface area contributed by atoms with Crippen LogP contribution in [0.4, 0.5) is 0 Å². The molecule has 0 spiro atoms. The number of hydrogen-bond donors (Lipinski definition) is 1. The molecular formula is C14H16N2O2. The zero-order valence-electron chi connectivity index (χ0n) is 10.5. The van der Waals surface area contributed by atoms with E-state index in [1.807, 2.05) is 31.2 Å². The maximum Gasteiger partial charge on any atom is 0.157 e. The molecule has 1 heterocycles. The van der Waals surface area contributed by atoms with Gasteiger partial charge in [-0.2, -0.15) is 0 Å². The zero-order valence-corrected chi connectivity index (χ0v) is 10.5. The second-order valence-corrected chi connectivity index (χ2v) is 4.15. The summed E-state index contributed by atoms with van der Waals surface area (Å²) in [6.07, 6.45) is 3.12. The molecule has 4 nitrogen and oxygen atoms in total. The van der Waals surface area contributed by atoms with Gasteiger partial charge in [0.1, 0.15) is 11.9 Å². The van der Waals surface area contributed by atoms with Crippen LogP contribution in [0.15, 0.2) is 36.7 Å². The minimum Gasteiger partial charge on any atom is -0.496 e. The van der Waals surface area contributed by atoms with Crippen LogP contribution < -0.4 is 4.74 Å². The fourth-order valence-corrected chi connectivity index (χ4v) is 1.75. The SMILES string of the molecule is COc1ccccc1CC(O)c1ncc(C)cn1. The van der Waals surface area contributed by atoms with E-state index < -0.39 is 6.10 Å². The minimum absolute atomic E-state index is 0.437. The zero-order chi connectivity index (χ0) is 13.0. The number of ether oxygens (including phenoxy) is 1. The van der Waals surface area contributed by atoms with Gasteiger partial charge in [-0.25, -0.2) is 9.97 Å². The van der Waals surface area contributed by atoms with E-state index >= 15 is 0 Å². The van der Waals surface area contributed by atoms with Gasteiger partial charge in [0.2, 0.25) is 0 Å². The standard InChI is InChI=1S/C14H16N2O2/c1-10-8-15-14(16-9-10)12(17)7-11-5-3-4-6-13(11)18-2/h3-6,8-9,12,17H,7H2,1-2H3. The Morgan fingerprint density at radius 2 is 1.89 bits per heavy atom. The molecule has 0 saturated carbocycles. The number of aromatic nitrogens is 2. The monoisotopic (exact) mass is 244 g/mol. The Bertz CT molecular complexity index is 511. The predicted octanol–water partition coefficient (Wildman–Crippen LogP) is 2.07. The summed E-state index contributed by atoms with van der Waals surface area (Å²) in [5.41, 5.74) is 1.92. The molecule has 2 rings (SSSR count). The molecule has 1 unspecified atom stereocenters. The lowest BCUT2D eigenvalue weighted by Crippen LogP contribution is -2.07. The number of methoxy groups -OCH3 is 1. The van der Waals surface area contributed by atoms with Crippen LogP contribution in [-0.2, 0) is 6.42 Å². The summed E-state index contributed by atoms with van der Waals surface area (Å²) in [5, 5.41) is 10.1. The first-order chi connectivity index (χ1) is 8.70. The molecule has 0 aliphatic rings. The van der Waals surface area contributed by atoms with Crippen molar-refractivity contribution < 1.29 is 9.84 Å². The highest BCUT2D eigenvalue weighted by Crippen LogP contribution is 2.23. The first-order valence-corrected chi connectivity index (χ1v) is 5.79. The fourth-order valence-electron chi connectivity index (χ4n) is 1.75. The molecule has 4 heteroatoms. The van der Waals surface area contributed by atoms with Gasteiger partial charge in [0.05, 0.1) is 7.11 Å². The highest BCUT2D eigenvalue weighted by Gasteiger charge is 2.13. The average Bonchev–Trinajstić information content (AvgIpc) is 2.40. The molecule has 0 aliphatic heterocycles. The van der Waals surface area contributed by atoms with Crippen LogP contribution in [0, 0.1) is 6.92 Å². The summed E-state index contributed by atoms with van der Waals surface area (Å²) in [5.74, 6) is 1.20. The lowest BCUT2D eigenvalue weighted by Gasteiger charge is -2.12. The number of hydrogen-bond acceptors (Lipinski definition) is 4. The molecule has 0 fully saturated rings. The van der Waals surface area contributed by atoms with Gasteiger partial charge in [0.15, 0.2) is 5.82 Å². The second kappa shape index (κ2) is 5.60. The average molecular weight is 244 g/mol. The maximum absolute atomic E-state index is 10.1. The molecule has 0 bridgehead atoms. The predicted molar refractivity (Wildman–Crippen MR) is 68.4 cm³/mol. The van der Waals surface area contributed by atoms with E-state index in [1.54, 1.807) is 19.5 Å². The van der Waals surface area contributed by atoms with Crippen molar-refractivity contribution in [1.29, 1.82) is 0 Å².